The molecule has 0 radical (unpaired) electrons. The van der Waals surface area contributed by atoms with Crippen molar-refractivity contribution in [3.63, 3.8) is 0 Å². The van der Waals surface area contributed by atoms with Gasteiger partial charge in [-0.3, -0.25) is 0 Å². The molecular weight excluding hydrogens is 497 g/mol. The van der Waals surface area contributed by atoms with Gasteiger partial charge in [0.2, 0.25) is 0 Å². The summed E-state index contributed by atoms with van der Waals surface area (Å²) in [5.41, 5.74) is 3.16. The molecule has 0 aliphatic heterocycles. The summed E-state index contributed by atoms with van der Waals surface area (Å²) < 4.78 is 24.2. The number of hydrogen-bond acceptors (Lipinski definition) is 4. The molecule has 0 heterocycles. The predicted octanol–water partition coefficient (Wildman–Crippen LogP) is 7.80. The standard InChI is InChI=1S/C28H43O4P.Zn/c1-25(2,3)19-13-15-23(21(17-19)27(7,8)9)31-33(29,30)32-24-16-14-20(26(4,5)6)18-22(24)28(10,11)12;/h13-18H,1-12H3,(H,29,30);/p-1. The third-order valence-electron chi connectivity index (χ3n) is 5.73. The van der Waals surface area contributed by atoms with E-state index in [1.54, 1.807) is 12.1 Å². The normalized spacial score (nSPS) is 13.3. The van der Waals surface area contributed by atoms with Crippen molar-refractivity contribution in [2.45, 2.75) is 105 Å². The molecule has 0 atom stereocenters. The molecule has 0 aromatic heterocycles. The molecule has 34 heavy (non-hydrogen) atoms. The van der Waals surface area contributed by atoms with Gasteiger partial charge in [-0.05, 0) is 44.9 Å². The molecule has 0 saturated carbocycles. The molecule has 0 aliphatic carbocycles. The Kier molecular flexibility index (Phi) is 9.15. The molecule has 0 saturated heterocycles. The molecule has 4 nitrogen and oxygen atoms in total. The van der Waals surface area contributed by atoms with Gasteiger partial charge in [0.1, 0.15) is 11.5 Å². The van der Waals surface area contributed by atoms with E-state index < -0.39 is 7.82 Å². The second-order valence-corrected chi connectivity index (χ2v) is 14.3. The van der Waals surface area contributed by atoms with Crippen molar-refractivity contribution in [2.75, 3.05) is 0 Å². The zero-order valence-electron chi connectivity index (χ0n) is 23.3. The minimum absolute atomic E-state index is 0. The van der Waals surface area contributed by atoms with Gasteiger partial charge >= 0.3 is 7.82 Å². The van der Waals surface area contributed by atoms with E-state index >= 15 is 0 Å². The van der Waals surface area contributed by atoms with Crippen LogP contribution < -0.4 is 13.9 Å². The van der Waals surface area contributed by atoms with Gasteiger partial charge in [-0.25, -0.2) is 4.57 Å². The summed E-state index contributed by atoms with van der Waals surface area (Å²) in [4.78, 5) is 13.1. The van der Waals surface area contributed by atoms with Crippen LogP contribution >= 0.6 is 7.82 Å². The molecule has 0 fully saturated rings. The predicted molar refractivity (Wildman–Crippen MR) is 137 cm³/mol. The Balaban J connectivity index is 0.00000578. The van der Waals surface area contributed by atoms with Crippen LogP contribution in [0.1, 0.15) is 105 Å². The van der Waals surface area contributed by atoms with Gasteiger partial charge in [-0.1, -0.05) is 107 Å². The van der Waals surface area contributed by atoms with E-state index in [0.717, 1.165) is 22.3 Å². The molecule has 0 bridgehead atoms. The zero-order chi connectivity index (χ0) is 25.6. The van der Waals surface area contributed by atoms with Crippen molar-refractivity contribution in [3.05, 3.63) is 58.7 Å². The fraction of sp³-hybridized carbons (Fsp3) is 0.571. The molecule has 2 aromatic carbocycles. The van der Waals surface area contributed by atoms with Crippen LogP contribution in [-0.2, 0) is 45.7 Å². The third kappa shape index (κ3) is 7.94. The zero-order valence-corrected chi connectivity index (χ0v) is 27.1. The first kappa shape index (κ1) is 30.9. The first-order valence-electron chi connectivity index (χ1n) is 11.6. The monoisotopic (exact) mass is 537 g/mol. The molecule has 2 aromatic rings. The first-order chi connectivity index (χ1) is 14.6. The molecule has 0 amide bonds. The largest absolute Gasteiger partial charge is 0.736 e. The van der Waals surface area contributed by atoms with Crippen molar-refractivity contribution in [3.8, 4) is 11.5 Å². The van der Waals surface area contributed by atoms with Crippen LogP contribution in [0.25, 0.3) is 0 Å². The quantitative estimate of drug-likeness (QED) is 0.294. The maximum atomic E-state index is 13.1. The number of benzene rings is 2. The summed E-state index contributed by atoms with van der Waals surface area (Å²) in [6, 6.07) is 11.4. The number of hydrogen-bond donors (Lipinski definition) is 0. The van der Waals surface area contributed by atoms with Gasteiger partial charge in [0.25, 0.3) is 0 Å². The molecular formula is C28H42O4PZn-. The minimum atomic E-state index is -4.69. The van der Waals surface area contributed by atoms with E-state index in [2.05, 4.69) is 41.5 Å². The Labute approximate surface area is 220 Å². The smallest absolute Gasteiger partial charge is 0.372 e. The van der Waals surface area contributed by atoms with E-state index in [-0.39, 0.29) is 41.1 Å². The van der Waals surface area contributed by atoms with Gasteiger partial charge in [-0.2, -0.15) is 0 Å². The van der Waals surface area contributed by atoms with E-state index in [1.807, 2.05) is 65.8 Å². The number of phosphoric ester groups is 1. The van der Waals surface area contributed by atoms with Crippen LogP contribution in [0.5, 0.6) is 11.5 Å². The average molecular weight is 539 g/mol. The van der Waals surface area contributed by atoms with Gasteiger partial charge in [0, 0.05) is 30.6 Å². The summed E-state index contributed by atoms with van der Waals surface area (Å²) in [6.45, 7) is 25.0. The van der Waals surface area contributed by atoms with Crippen LogP contribution in [0, 0.1) is 0 Å². The van der Waals surface area contributed by atoms with Crippen molar-refractivity contribution >= 4 is 7.82 Å². The van der Waals surface area contributed by atoms with Crippen molar-refractivity contribution in [1.29, 1.82) is 0 Å². The van der Waals surface area contributed by atoms with Gasteiger partial charge in [-0.15, -0.1) is 0 Å². The maximum Gasteiger partial charge on any atom is 0.372 e. The van der Waals surface area contributed by atoms with E-state index in [1.165, 1.54) is 0 Å². The third-order valence-corrected chi connectivity index (χ3v) is 6.57. The maximum absolute atomic E-state index is 13.1. The molecule has 0 N–H and O–H groups in total. The number of phosphoric acid groups is 1. The summed E-state index contributed by atoms with van der Waals surface area (Å²) >= 11 is 0. The molecule has 0 spiro atoms. The van der Waals surface area contributed by atoms with E-state index in [4.69, 9.17) is 9.05 Å². The Hall–Kier alpha value is -1.15. The first-order valence-corrected chi connectivity index (χ1v) is 13.1. The van der Waals surface area contributed by atoms with E-state index in [0.29, 0.717) is 11.5 Å². The second-order valence-electron chi connectivity index (χ2n) is 13.1. The summed E-state index contributed by atoms with van der Waals surface area (Å²) in [5, 5.41) is 0. The van der Waals surface area contributed by atoms with Crippen molar-refractivity contribution in [2.24, 2.45) is 0 Å². The van der Waals surface area contributed by atoms with Gasteiger partial charge in [0.15, 0.2) is 0 Å². The molecule has 0 unspecified atom stereocenters. The summed E-state index contributed by atoms with van der Waals surface area (Å²) in [5.74, 6) is 0.606. The van der Waals surface area contributed by atoms with Crippen LogP contribution in [0.2, 0.25) is 0 Å². The van der Waals surface area contributed by atoms with Crippen molar-refractivity contribution < 1.29 is 38.0 Å². The Bertz CT molecular complexity index is 967. The Morgan fingerprint density at radius 2 is 0.882 bits per heavy atom. The fourth-order valence-corrected chi connectivity index (χ4v) is 4.42. The van der Waals surface area contributed by atoms with Crippen LogP contribution in [-0.4, -0.2) is 0 Å². The fourth-order valence-electron chi connectivity index (χ4n) is 3.58. The van der Waals surface area contributed by atoms with Gasteiger partial charge < -0.3 is 13.9 Å². The number of rotatable bonds is 4. The SMILES string of the molecule is CC(C)(C)c1ccc(OP(=O)([O-])Oc2ccc(C(C)(C)C)cc2C(C)(C)C)c(C(C)(C)C)c1.[Zn]. The molecule has 2 rings (SSSR count). The molecule has 0 aliphatic rings. The van der Waals surface area contributed by atoms with Crippen LogP contribution in [0.3, 0.4) is 0 Å². The Morgan fingerprint density at radius 3 is 1.12 bits per heavy atom. The average Bonchev–Trinajstić information content (AvgIpc) is 2.57. The minimum Gasteiger partial charge on any atom is -0.736 e. The topological polar surface area (TPSA) is 58.6 Å². The summed E-state index contributed by atoms with van der Waals surface area (Å²) in [6.07, 6.45) is 0. The summed E-state index contributed by atoms with van der Waals surface area (Å²) in [7, 11) is -4.69. The van der Waals surface area contributed by atoms with Crippen LogP contribution in [0.4, 0.5) is 0 Å². The van der Waals surface area contributed by atoms with Crippen molar-refractivity contribution in [1.82, 2.24) is 0 Å². The van der Waals surface area contributed by atoms with Crippen LogP contribution in [0.15, 0.2) is 36.4 Å². The Morgan fingerprint density at radius 1 is 0.588 bits per heavy atom. The molecule has 6 heteroatoms. The molecule has 186 valence electrons. The second kappa shape index (κ2) is 10.1. The van der Waals surface area contributed by atoms with Gasteiger partial charge in [0.05, 0.1) is 0 Å². The van der Waals surface area contributed by atoms with E-state index in [9.17, 15) is 9.46 Å².